The summed E-state index contributed by atoms with van der Waals surface area (Å²) in [5.74, 6) is -5.06. The van der Waals surface area contributed by atoms with Gasteiger partial charge in [0, 0.05) is 11.6 Å². The molecule has 2 aromatic rings. The average Bonchev–Trinajstić information content (AvgIpc) is 2.53. The van der Waals surface area contributed by atoms with E-state index in [4.69, 9.17) is 5.26 Å². The van der Waals surface area contributed by atoms with Gasteiger partial charge < -0.3 is 0 Å². The highest BCUT2D eigenvalue weighted by Gasteiger charge is 2.37. The van der Waals surface area contributed by atoms with Gasteiger partial charge in [0.2, 0.25) is 5.78 Å². The summed E-state index contributed by atoms with van der Waals surface area (Å²) >= 11 is 0. The van der Waals surface area contributed by atoms with Gasteiger partial charge in [-0.3, -0.25) is 4.79 Å². The normalized spacial score (nSPS) is 11.8. The maximum absolute atomic E-state index is 14.0. The van der Waals surface area contributed by atoms with Crippen LogP contribution in [0.1, 0.15) is 15.9 Å². The number of carbonyl (C=O) groups excluding carboxylic acids is 1. The topological polar surface area (TPSA) is 40.9 Å². The number of alkyl halides is 2. The summed E-state index contributed by atoms with van der Waals surface area (Å²) < 4.78 is 28.1. The Hall–Kier alpha value is -2.80. The Balaban J connectivity index is 2.37. The van der Waals surface area contributed by atoms with Crippen molar-refractivity contribution in [2.75, 3.05) is 0 Å². The van der Waals surface area contributed by atoms with Gasteiger partial charge in [0.15, 0.2) is 0 Å². The van der Waals surface area contributed by atoms with Crippen LogP contribution in [0.3, 0.4) is 0 Å². The highest BCUT2D eigenvalue weighted by Crippen LogP contribution is 2.26. The summed E-state index contributed by atoms with van der Waals surface area (Å²) in [6.45, 7) is 0. The molecule has 2 rings (SSSR count). The molecule has 2 nitrogen and oxygen atoms in total. The standard InChI is InChI=1S/C17H11F2NO/c18-17(19,16(21)14-9-5-2-6-10-14)11-15(12-20)13-7-3-1-4-8-13/h1-11H/b15-11-. The first-order valence-corrected chi connectivity index (χ1v) is 6.20. The van der Waals surface area contributed by atoms with E-state index in [0.717, 1.165) is 0 Å². The molecule has 2 aromatic carbocycles. The fourth-order valence-electron chi connectivity index (χ4n) is 1.83. The quantitative estimate of drug-likeness (QED) is 0.625. The monoisotopic (exact) mass is 283 g/mol. The molecule has 0 heterocycles. The van der Waals surface area contributed by atoms with Crippen molar-refractivity contribution in [2.24, 2.45) is 0 Å². The number of carbonyl (C=O) groups is 1. The fourth-order valence-corrected chi connectivity index (χ4v) is 1.83. The van der Waals surface area contributed by atoms with Gasteiger partial charge in [0.1, 0.15) is 0 Å². The molecule has 21 heavy (non-hydrogen) atoms. The van der Waals surface area contributed by atoms with Crippen LogP contribution in [-0.2, 0) is 0 Å². The van der Waals surface area contributed by atoms with Gasteiger partial charge in [-0.15, -0.1) is 0 Å². The molecular formula is C17H11F2NO. The lowest BCUT2D eigenvalue weighted by molar-refractivity contribution is 0.0384. The number of nitriles is 1. The molecule has 0 aromatic heterocycles. The highest BCUT2D eigenvalue weighted by atomic mass is 19.3. The Morgan fingerprint density at radius 1 is 0.952 bits per heavy atom. The van der Waals surface area contributed by atoms with Crippen molar-refractivity contribution in [3.8, 4) is 6.07 Å². The second-order valence-corrected chi connectivity index (χ2v) is 4.35. The SMILES string of the molecule is N#C/C(=C/C(F)(F)C(=O)c1ccccc1)c1ccccc1. The van der Waals surface area contributed by atoms with Gasteiger partial charge in [0.05, 0.1) is 11.6 Å². The Labute approximate surface area is 121 Å². The number of benzene rings is 2. The molecule has 0 spiro atoms. The summed E-state index contributed by atoms with van der Waals surface area (Å²) in [4.78, 5) is 11.8. The number of halogens is 2. The maximum Gasteiger partial charge on any atom is 0.329 e. The molecule has 0 fully saturated rings. The molecule has 104 valence electrons. The predicted molar refractivity (Wildman–Crippen MR) is 75.8 cm³/mol. The van der Waals surface area contributed by atoms with E-state index in [2.05, 4.69) is 0 Å². The van der Waals surface area contributed by atoms with Crippen LogP contribution >= 0.6 is 0 Å². The van der Waals surface area contributed by atoms with Crippen molar-refractivity contribution >= 4 is 11.4 Å². The number of Topliss-reactive ketones (excluding diaryl/α,β-unsaturated/α-hetero) is 1. The highest BCUT2D eigenvalue weighted by molar-refractivity contribution is 6.03. The van der Waals surface area contributed by atoms with E-state index in [9.17, 15) is 13.6 Å². The smallest absolute Gasteiger partial charge is 0.287 e. The second kappa shape index (κ2) is 6.10. The predicted octanol–water partition coefficient (Wildman–Crippen LogP) is 4.11. The van der Waals surface area contributed by atoms with Gasteiger partial charge in [-0.25, -0.2) is 0 Å². The Kier molecular flexibility index (Phi) is 4.24. The van der Waals surface area contributed by atoms with Crippen LogP contribution in [0, 0.1) is 11.3 Å². The minimum atomic E-state index is -3.73. The van der Waals surface area contributed by atoms with Crippen molar-refractivity contribution in [2.45, 2.75) is 5.92 Å². The van der Waals surface area contributed by atoms with Crippen LogP contribution in [0.15, 0.2) is 66.7 Å². The molecule has 0 saturated carbocycles. The van der Waals surface area contributed by atoms with Crippen LogP contribution in [0.4, 0.5) is 8.78 Å². The van der Waals surface area contributed by atoms with Crippen LogP contribution in [0.2, 0.25) is 0 Å². The molecule has 0 bridgehead atoms. The lowest BCUT2D eigenvalue weighted by Crippen LogP contribution is -2.26. The Morgan fingerprint density at radius 2 is 1.43 bits per heavy atom. The van der Waals surface area contributed by atoms with Gasteiger partial charge in [-0.2, -0.15) is 14.0 Å². The van der Waals surface area contributed by atoms with E-state index in [1.807, 2.05) is 0 Å². The summed E-state index contributed by atoms with van der Waals surface area (Å²) in [6.07, 6.45) is 0.414. The average molecular weight is 283 g/mol. The third-order valence-electron chi connectivity index (χ3n) is 2.87. The lowest BCUT2D eigenvalue weighted by atomic mass is 10.00. The van der Waals surface area contributed by atoms with E-state index in [1.54, 1.807) is 30.3 Å². The summed E-state index contributed by atoms with van der Waals surface area (Å²) in [7, 11) is 0. The Bertz CT molecular complexity index is 701. The first-order valence-electron chi connectivity index (χ1n) is 6.20. The van der Waals surface area contributed by atoms with Gasteiger partial charge in [-0.1, -0.05) is 60.7 Å². The minimum Gasteiger partial charge on any atom is -0.287 e. The van der Waals surface area contributed by atoms with Crippen molar-refractivity contribution < 1.29 is 13.6 Å². The molecule has 0 atom stereocenters. The first-order chi connectivity index (χ1) is 10.0. The van der Waals surface area contributed by atoms with Crippen LogP contribution < -0.4 is 0 Å². The number of rotatable bonds is 4. The second-order valence-electron chi connectivity index (χ2n) is 4.35. The zero-order valence-electron chi connectivity index (χ0n) is 11.0. The first kappa shape index (κ1) is 14.6. The number of hydrogen-bond donors (Lipinski definition) is 0. The number of ketones is 1. The van der Waals surface area contributed by atoms with Gasteiger partial charge >= 0.3 is 5.92 Å². The largest absolute Gasteiger partial charge is 0.329 e. The molecule has 0 radical (unpaired) electrons. The summed E-state index contributed by atoms with van der Waals surface area (Å²) in [6, 6.07) is 17.1. The minimum absolute atomic E-state index is 0.0934. The molecule has 4 heteroatoms. The molecule has 0 saturated heterocycles. The zero-order chi connectivity index (χ0) is 15.3. The Morgan fingerprint density at radius 3 is 1.90 bits per heavy atom. The van der Waals surface area contributed by atoms with E-state index in [-0.39, 0.29) is 11.1 Å². The van der Waals surface area contributed by atoms with E-state index in [0.29, 0.717) is 11.6 Å². The van der Waals surface area contributed by atoms with Gasteiger partial charge in [-0.05, 0) is 5.56 Å². The summed E-state index contributed by atoms with van der Waals surface area (Å²) in [5.41, 5.74) is 0.0227. The molecule has 0 N–H and O–H groups in total. The number of allylic oxidation sites excluding steroid dienone is 2. The number of hydrogen-bond acceptors (Lipinski definition) is 2. The third-order valence-corrected chi connectivity index (χ3v) is 2.87. The molecule has 0 amide bonds. The molecule has 0 unspecified atom stereocenters. The maximum atomic E-state index is 14.0. The van der Waals surface area contributed by atoms with Crippen molar-refractivity contribution in [3.05, 3.63) is 77.9 Å². The molecule has 0 aliphatic heterocycles. The lowest BCUT2D eigenvalue weighted by Gasteiger charge is -2.11. The van der Waals surface area contributed by atoms with E-state index in [1.165, 1.54) is 36.4 Å². The zero-order valence-corrected chi connectivity index (χ0v) is 11.0. The van der Waals surface area contributed by atoms with Crippen molar-refractivity contribution in [1.29, 1.82) is 5.26 Å². The third kappa shape index (κ3) is 3.40. The summed E-state index contributed by atoms with van der Waals surface area (Å²) in [5, 5.41) is 9.03. The van der Waals surface area contributed by atoms with Crippen molar-refractivity contribution in [3.63, 3.8) is 0 Å². The fraction of sp³-hybridized carbons (Fsp3) is 0.0588. The van der Waals surface area contributed by atoms with Crippen LogP contribution in [-0.4, -0.2) is 11.7 Å². The molecule has 0 aliphatic carbocycles. The van der Waals surface area contributed by atoms with Crippen molar-refractivity contribution in [1.82, 2.24) is 0 Å². The molecular weight excluding hydrogens is 272 g/mol. The van der Waals surface area contributed by atoms with Gasteiger partial charge in [0.25, 0.3) is 0 Å². The molecule has 0 aliphatic rings. The van der Waals surface area contributed by atoms with E-state index < -0.39 is 11.7 Å². The van der Waals surface area contributed by atoms with E-state index >= 15 is 0 Å². The van der Waals surface area contributed by atoms with Crippen LogP contribution in [0.5, 0.6) is 0 Å². The number of nitrogens with zero attached hydrogens (tertiary/aromatic N) is 1. The van der Waals surface area contributed by atoms with Crippen LogP contribution in [0.25, 0.3) is 5.57 Å².